The van der Waals surface area contributed by atoms with Gasteiger partial charge >= 0.3 is 11.7 Å². The second-order valence-electron chi connectivity index (χ2n) is 7.73. The van der Waals surface area contributed by atoms with Crippen LogP contribution in [0.3, 0.4) is 0 Å². The number of aromatic nitrogens is 5. The molecule has 0 amide bonds. The van der Waals surface area contributed by atoms with Gasteiger partial charge in [-0.3, -0.25) is 9.36 Å². The molecule has 0 saturated carbocycles. The van der Waals surface area contributed by atoms with E-state index >= 15 is 0 Å². The fraction of sp³-hybridized carbons (Fsp3) is 0.611. The predicted octanol–water partition coefficient (Wildman–Crippen LogP) is 0.441. The first-order valence-corrected chi connectivity index (χ1v) is 9.37. The molecule has 2 aliphatic heterocycles. The van der Waals surface area contributed by atoms with Gasteiger partial charge in [0.25, 0.3) is 0 Å². The maximum Gasteiger partial charge on any atom is 0.351 e. The molecule has 0 aromatic carbocycles. The molecular weight excluding hydrogens is 382 g/mol. The number of esters is 1. The molecule has 11 nitrogen and oxygen atoms in total. The van der Waals surface area contributed by atoms with Gasteiger partial charge in [-0.05, 0) is 19.9 Å². The lowest BCUT2D eigenvalue weighted by atomic mass is 10.1. The topological polar surface area (TPSA) is 120 Å². The Morgan fingerprint density at radius 2 is 2.07 bits per heavy atom. The number of carbonyl (C=O) groups excluding carboxylic acids is 1. The zero-order valence-electron chi connectivity index (χ0n) is 16.6. The number of ether oxygens (including phenoxy) is 4. The summed E-state index contributed by atoms with van der Waals surface area (Å²) in [6.45, 7) is 7.09. The van der Waals surface area contributed by atoms with Gasteiger partial charge in [0.05, 0.1) is 5.92 Å². The van der Waals surface area contributed by atoms with E-state index in [4.69, 9.17) is 18.9 Å². The summed E-state index contributed by atoms with van der Waals surface area (Å²) < 4.78 is 26.0. The largest absolute Gasteiger partial charge is 0.463 e. The number of carbonyl (C=O) groups is 1. The highest BCUT2D eigenvalue weighted by Crippen LogP contribution is 2.42. The monoisotopic (exact) mass is 405 g/mol. The van der Waals surface area contributed by atoms with Gasteiger partial charge in [0, 0.05) is 6.20 Å². The van der Waals surface area contributed by atoms with Crippen LogP contribution in [0.4, 0.5) is 0 Å². The van der Waals surface area contributed by atoms with E-state index in [-0.39, 0.29) is 18.5 Å². The van der Waals surface area contributed by atoms with Gasteiger partial charge in [-0.2, -0.15) is 10.1 Å². The van der Waals surface area contributed by atoms with Crippen LogP contribution in [-0.4, -0.2) is 61.0 Å². The Labute approximate surface area is 166 Å². The van der Waals surface area contributed by atoms with E-state index in [0.717, 1.165) is 0 Å². The molecule has 2 fully saturated rings. The van der Waals surface area contributed by atoms with Gasteiger partial charge in [-0.25, -0.2) is 14.5 Å². The first kappa shape index (κ1) is 19.7. The van der Waals surface area contributed by atoms with E-state index in [1.54, 1.807) is 40.0 Å². The van der Waals surface area contributed by atoms with Crippen LogP contribution in [0.1, 0.15) is 33.9 Å². The highest BCUT2D eigenvalue weighted by Gasteiger charge is 2.56. The average Bonchev–Trinajstić information content (AvgIpc) is 3.35. The quantitative estimate of drug-likeness (QED) is 0.653. The second-order valence-corrected chi connectivity index (χ2v) is 7.73. The van der Waals surface area contributed by atoms with E-state index in [2.05, 4.69) is 15.1 Å². The molecule has 2 aromatic rings. The molecule has 0 radical (unpaired) electrons. The van der Waals surface area contributed by atoms with Gasteiger partial charge < -0.3 is 18.9 Å². The van der Waals surface area contributed by atoms with Crippen molar-refractivity contribution < 1.29 is 23.7 Å². The molecule has 0 N–H and O–H groups in total. The lowest BCUT2D eigenvalue weighted by molar-refractivity contribution is -0.203. The Morgan fingerprint density at radius 1 is 1.31 bits per heavy atom. The molecule has 4 heterocycles. The predicted molar refractivity (Wildman–Crippen MR) is 96.9 cm³/mol. The summed E-state index contributed by atoms with van der Waals surface area (Å²) in [6, 6.07) is 1.63. The van der Waals surface area contributed by atoms with E-state index in [0.29, 0.717) is 5.82 Å². The summed E-state index contributed by atoms with van der Waals surface area (Å²) in [6.07, 6.45) is 1.98. The van der Waals surface area contributed by atoms with Crippen molar-refractivity contribution in [3.8, 4) is 5.82 Å². The normalized spacial score (nSPS) is 27.9. The van der Waals surface area contributed by atoms with Gasteiger partial charge in [-0.1, -0.05) is 13.8 Å². The molecule has 2 aromatic heterocycles. The first-order valence-electron chi connectivity index (χ1n) is 9.37. The maximum absolute atomic E-state index is 12.7. The molecule has 0 bridgehead atoms. The van der Waals surface area contributed by atoms with E-state index in [1.165, 1.54) is 21.9 Å². The zero-order chi connectivity index (χ0) is 20.8. The molecule has 29 heavy (non-hydrogen) atoms. The van der Waals surface area contributed by atoms with Crippen molar-refractivity contribution in [3.63, 3.8) is 0 Å². The fourth-order valence-electron chi connectivity index (χ4n) is 3.40. The molecule has 2 saturated heterocycles. The average molecular weight is 405 g/mol. The van der Waals surface area contributed by atoms with Crippen LogP contribution in [0.15, 0.2) is 29.7 Å². The smallest absolute Gasteiger partial charge is 0.351 e. The van der Waals surface area contributed by atoms with Crippen LogP contribution in [0.25, 0.3) is 5.82 Å². The molecule has 0 aliphatic carbocycles. The Kier molecular flexibility index (Phi) is 4.97. The highest BCUT2D eigenvalue weighted by molar-refractivity contribution is 5.71. The molecule has 2 aliphatic rings. The molecule has 4 atom stereocenters. The Hall–Kier alpha value is -2.63. The fourth-order valence-corrected chi connectivity index (χ4v) is 3.40. The van der Waals surface area contributed by atoms with Crippen LogP contribution in [0.5, 0.6) is 0 Å². The lowest BCUT2D eigenvalue weighted by Crippen LogP contribution is -2.35. The summed E-state index contributed by atoms with van der Waals surface area (Å²) in [4.78, 5) is 32.4. The molecular formula is C18H23N5O6. The molecule has 4 rings (SSSR count). The van der Waals surface area contributed by atoms with Crippen molar-refractivity contribution >= 4 is 5.97 Å². The Bertz CT molecular complexity index is 940. The number of hydrogen-bond acceptors (Lipinski definition) is 9. The van der Waals surface area contributed by atoms with E-state index in [1.807, 2.05) is 0 Å². The summed E-state index contributed by atoms with van der Waals surface area (Å²) in [5.41, 5.74) is -0.533. The second kappa shape index (κ2) is 7.32. The number of fused-ring (bicyclic) bond motifs is 1. The molecule has 0 spiro atoms. The summed E-state index contributed by atoms with van der Waals surface area (Å²) >= 11 is 0. The maximum atomic E-state index is 12.7. The summed E-state index contributed by atoms with van der Waals surface area (Å²) in [7, 11) is 0. The summed E-state index contributed by atoms with van der Waals surface area (Å²) in [5.74, 6) is -1.10. The Morgan fingerprint density at radius 3 is 2.72 bits per heavy atom. The third-order valence-electron chi connectivity index (χ3n) is 4.73. The molecule has 4 unspecified atom stereocenters. The third-order valence-corrected chi connectivity index (χ3v) is 4.73. The molecule has 156 valence electrons. The number of hydrogen-bond donors (Lipinski definition) is 0. The third kappa shape index (κ3) is 3.80. The highest BCUT2D eigenvalue weighted by atomic mass is 16.8. The summed E-state index contributed by atoms with van der Waals surface area (Å²) in [5, 5.41) is 3.96. The van der Waals surface area contributed by atoms with Crippen LogP contribution in [0, 0.1) is 5.92 Å². The first-order chi connectivity index (χ1) is 13.7. The standard InChI is InChI=1S/C18H23N5O6/c1-10(2)16(24)26-7-11-13-14(29-18(3,4)28-13)15(27-11)22-6-5-12(21-17(22)25)23-9-19-8-20-23/h5-6,8-11,13-15H,7H2,1-4H3. The van der Waals surface area contributed by atoms with Gasteiger partial charge in [-0.15, -0.1) is 0 Å². The zero-order valence-corrected chi connectivity index (χ0v) is 16.6. The van der Waals surface area contributed by atoms with E-state index in [9.17, 15) is 9.59 Å². The van der Waals surface area contributed by atoms with Gasteiger partial charge in [0.2, 0.25) is 0 Å². The minimum atomic E-state index is -0.852. The molecule has 11 heteroatoms. The lowest BCUT2D eigenvalue weighted by Gasteiger charge is -2.25. The van der Waals surface area contributed by atoms with Crippen LogP contribution >= 0.6 is 0 Å². The van der Waals surface area contributed by atoms with Crippen molar-refractivity contribution in [3.05, 3.63) is 35.4 Å². The van der Waals surface area contributed by atoms with Crippen molar-refractivity contribution in [1.29, 1.82) is 0 Å². The minimum Gasteiger partial charge on any atom is -0.463 e. The van der Waals surface area contributed by atoms with Crippen molar-refractivity contribution in [2.45, 2.75) is 58.0 Å². The van der Waals surface area contributed by atoms with Gasteiger partial charge in [0.1, 0.15) is 37.6 Å². The SMILES string of the molecule is CC(C)C(=O)OCC1OC(n2ccc(-n3cncn3)nc2=O)C2OC(C)(C)OC12. The van der Waals surface area contributed by atoms with Crippen molar-refractivity contribution in [2.24, 2.45) is 5.92 Å². The van der Waals surface area contributed by atoms with Crippen molar-refractivity contribution in [1.82, 2.24) is 24.3 Å². The number of nitrogens with zero attached hydrogens (tertiary/aromatic N) is 5. The van der Waals surface area contributed by atoms with Crippen LogP contribution in [0.2, 0.25) is 0 Å². The number of rotatable bonds is 5. The van der Waals surface area contributed by atoms with Gasteiger partial charge in [0.15, 0.2) is 17.8 Å². The minimum absolute atomic E-state index is 0.00728. The van der Waals surface area contributed by atoms with E-state index < -0.39 is 36.0 Å². The van der Waals surface area contributed by atoms with Crippen LogP contribution in [-0.2, 0) is 23.7 Å². The Balaban J connectivity index is 1.58. The van der Waals surface area contributed by atoms with Crippen LogP contribution < -0.4 is 5.69 Å². The van der Waals surface area contributed by atoms with Crippen molar-refractivity contribution in [2.75, 3.05) is 6.61 Å².